The molecule has 1 heterocycles. The fourth-order valence-corrected chi connectivity index (χ4v) is 3.91. The van der Waals surface area contributed by atoms with Gasteiger partial charge in [-0.25, -0.2) is 4.79 Å². The predicted molar refractivity (Wildman–Crippen MR) is 117 cm³/mol. The van der Waals surface area contributed by atoms with E-state index < -0.39 is 11.7 Å². The molecule has 1 aromatic heterocycles. The minimum Gasteiger partial charge on any atom is -0.444 e. The number of carbonyl (C=O) groups is 1. The van der Waals surface area contributed by atoms with Crippen molar-refractivity contribution in [3.8, 4) is 0 Å². The van der Waals surface area contributed by atoms with Crippen LogP contribution in [-0.4, -0.2) is 16.7 Å². The second kappa shape index (κ2) is 7.70. The average molecular weight is 386 g/mol. The smallest absolute Gasteiger partial charge is 0.408 e. The Morgan fingerprint density at radius 1 is 1.07 bits per heavy atom. The zero-order chi connectivity index (χ0) is 20.4. The van der Waals surface area contributed by atoms with Crippen LogP contribution in [0.3, 0.4) is 0 Å². The number of benzene rings is 2. The molecule has 2 aromatic carbocycles. The Balaban J connectivity index is 1.66. The first-order chi connectivity index (χ1) is 13.9. The number of pyridine rings is 1. The van der Waals surface area contributed by atoms with Crippen LogP contribution in [-0.2, 0) is 11.2 Å². The molecule has 29 heavy (non-hydrogen) atoms. The van der Waals surface area contributed by atoms with E-state index in [1.54, 1.807) is 0 Å². The van der Waals surface area contributed by atoms with Crippen LogP contribution < -0.4 is 5.32 Å². The van der Waals surface area contributed by atoms with Crippen molar-refractivity contribution in [3.05, 3.63) is 83.6 Å². The summed E-state index contributed by atoms with van der Waals surface area (Å²) in [5.74, 6) is 0.102. The summed E-state index contributed by atoms with van der Waals surface area (Å²) < 4.78 is 5.54. The fourth-order valence-electron chi connectivity index (χ4n) is 3.91. The molecule has 1 aliphatic rings. The van der Waals surface area contributed by atoms with Crippen molar-refractivity contribution < 1.29 is 9.53 Å². The van der Waals surface area contributed by atoms with Gasteiger partial charge in [0.05, 0.1) is 11.6 Å². The van der Waals surface area contributed by atoms with E-state index in [-0.39, 0.29) is 12.0 Å². The van der Waals surface area contributed by atoms with Gasteiger partial charge in [-0.15, -0.1) is 0 Å². The second-order valence-electron chi connectivity index (χ2n) is 8.47. The Hall–Kier alpha value is -3.14. The van der Waals surface area contributed by atoms with E-state index in [2.05, 4.69) is 58.9 Å². The van der Waals surface area contributed by atoms with E-state index in [1.807, 2.05) is 45.2 Å². The molecule has 0 saturated carbocycles. The van der Waals surface area contributed by atoms with E-state index in [0.29, 0.717) is 0 Å². The zero-order valence-corrected chi connectivity index (χ0v) is 17.1. The van der Waals surface area contributed by atoms with Crippen LogP contribution in [0.25, 0.3) is 17.0 Å². The molecule has 2 atom stereocenters. The van der Waals surface area contributed by atoms with Gasteiger partial charge in [0.1, 0.15) is 5.60 Å². The van der Waals surface area contributed by atoms with E-state index >= 15 is 0 Å². The molecule has 1 N–H and O–H groups in total. The Labute approximate surface area is 171 Å². The van der Waals surface area contributed by atoms with Crippen LogP contribution in [0.15, 0.2) is 66.9 Å². The quantitative estimate of drug-likeness (QED) is 0.629. The first kappa shape index (κ1) is 19.2. The van der Waals surface area contributed by atoms with Gasteiger partial charge in [-0.1, -0.05) is 60.7 Å². The maximum Gasteiger partial charge on any atom is 0.408 e. The number of carbonyl (C=O) groups excluding carboxylic acids is 1. The van der Waals surface area contributed by atoms with Crippen LogP contribution in [0, 0.1) is 5.92 Å². The average Bonchev–Trinajstić information content (AvgIpc) is 2.68. The topological polar surface area (TPSA) is 51.2 Å². The number of nitrogens with one attached hydrogen (secondary N) is 1. The predicted octanol–water partition coefficient (Wildman–Crippen LogP) is 5.69. The molecule has 0 saturated heterocycles. The molecular weight excluding hydrogens is 360 g/mol. The van der Waals surface area contributed by atoms with Crippen LogP contribution >= 0.6 is 0 Å². The van der Waals surface area contributed by atoms with Crippen molar-refractivity contribution in [2.45, 2.75) is 38.8 Å². The highest BCUT2D eigenvalue weighted by Crippen LogP contribution is 2.35. The third-order valence-electron chi connectivity index (χ3n) is 5.13. The van der Waals surface area contributed by atoms with Gasteiger partial charge in [0.2, 0.25) is 0 Å². The third-order valence-corrected chi connectivity index (χ3v) is 5.13. The van der Waals surface area contributed by atoms with Gasteiger partial charge in [0, 0.05) is 17.5 Å². The summed E-state index contributed by atoms with van der Waals surface area (Å²) in [7, 11) is 0. The first-order valence-electron chi connectivity index (χ1n) is 10.00. The number of rotatable bonds is 3. The molecule has 1 aliphatic carbocycles. The molecule has 4 rings (SSSR count). The van der Waals surface area contributed by atoms with Crippen molar-refractivity contribution in [2.75, 3.05) is 0 Å². The van der Waals surface area contributed by atoms with Crippen LogP contribution in [0.4, 0.5) is 4.79 Å². The fraction of sp³-hybridized carbons (Fsp3) is 0.280. The minimum atomic E-state index is -0.539. The number of amides is 1. The second-order valence-corrected chi connectivity index (χ2v) is 8.47. The summed E-state index contributed by atoms with van der Waals surface area (Å²) in [4.78, 5) is 17.2. The van der Waals surface area contributed by atoms with Gasteiger partial charge in [0.25, 0.3) is 0 Å². The molecule has 3 aromatic rings. The highest BCUT2D eigenvalue weighted by molar-refractivity contribution is 5.81. The normalized spacial score (nSPS) is 18.3. The largest absolute Gasteiger partial charge is 0.444 e. The van der Waals surface area contributed by atoms with Crippen molar-refractivity contribution in [3.63, 3.8) is 0 Å². The highest BCUT2D eigenvalue weighted by atomic mass is 16.6. The highest BCUT2D eigenvalue weighted by Gasteiger charge is 2.30. The Morgan fingerprint density at radius 2 is 1.86 bits per heavy atom. The lowest BCUT2D eigenvalue weighted by Crippen LogP contribution is -2.39. The summed E-state index contributed by atoms with van der Waals surface area (Å²) in [5.41, 5.74) is 3.88. The number of fused-ring (bicyclic) bond motifs is 2. The standard InChI is InChI=1S/C25H26N2O2/c1-25(2,3)29-24(28)27-23-20(14-13-17-8-4-5-12-21(17)23)16-19-10-6-9-18-11-7-15-26-22(18)19/h4-15,20,23H,16H2,1-3H3,(H,27,28)/t20-,23+/m1/s1. The summed E-state index contributed by atoms with van der Waals surface area (Å²) in [6.07, 6.45) is 6.54. The van der Waals surface area contributed by atoms with E-state index in [1.165, 1.54) is 5.56 Å². The molecule has 0 fully saturated rings. The van der Waals surface area contributed by atoms with Gasteiger partial charge in [-0.2, -0.15) is 0 Å². The summed E-state index contributed by atoms with van der Waals surface area (Å²) >= 11 is 0. The number of aromatic nitrogens is 1. The number of nitrogens with zero attached hydrogens (tertiary/aromatic N) is 1. The number of alkyl carbamates (subject to hydrolysis) is 1. The van der Waals surface area contributed by atoms with E-state index in [9.17, 15) is 4.79 Å². The van der Waals surface area contributed by atoms with Crippen LogP contribution in [0.1, 0.15) is 43.5 Å². The summed E-state index contributed by atoms with van der Waals surface area (Å²) in [6, 6.07) is 18.3. The van der Waals surface area contributed by atoms with Gasteiger partial charge in [-0.05, 0) is 49.9 Å². The molecular formula is C25H26N2O2. The first-order valence-corrected chi connectivity index (χ1v) is 10.00. The number of ether oxygens (including phenoxy) is 1. The molecule has 0 bridgehead atoms. The molecule has 4 heteroatoms. The maximum absolute atomic E-state index is 12.6. The lowest BCUT2D eigenvalue weighted by Gasteiger charge is -2.32. The molecule has 0 aliphatic heterocycles. The Bertz CT molecular complexity index is 1060. The summed E-state index contributed by atoms with van der Waals surface area (Å²) in [5, 5.41) is 4.24. The SMILES string of the molecule is CC(C)(C)OC(=O)N[C@@H]1c2ccccc2C=C[C@@H]1Cc1cccc2cccnc12. The monoisotopic (exact) mass is 386 g/mol. The van der Waals surface area contributed by atoms with Gasteiger partial charge >= 0.3 is 6.09 Å². The Kier molecular flexibility index (Phi) is 5.10. The third kappa shape index (κ3) is 4.32. The minimum absolute atomic E-state index is 0.102. The molecule has 0 radical (unpaired) electrons. The number of hydrogen-bond donors (Lipinski definition) is 1. The summed E-state index contributed by atoms with van der Waals surface area (Å²) in [6.45, 7) is 5.63. The Morgan fingerprint density at radius 3 is 2.69 bits per heavy atom. The number of para-hydroxylation sites is 1. The van der Waals surface area contributed by atoms with Crippen LogP contribution in [0.2, 0.25) is 0 Å². The van der Waals surface area contributed by atoms with Crippen molar-refractivity contribution >= 4 is 23.1 Å². The lowest BCUT2D eigenvalue weighted by atomic mass is 9.81. The van der Waals surface area contributed by atoms with E-state index in [4.69, 9.17) is 4.74 Å². The van der Waals surface area contributed by atoms with Gasteiger partial charge in [-0.3, -0.25) is 4.98 Å². The van der Waals surface area contributed by atoms with Crippen molar-refractivity contribution in [1.82, 2.24) is 10.3 Å². The molecule has 0 spiro atoms. The lowest BCUT2D eigenvalue weighted by molar-refractivity contribution is 0.0491. The van der Waals surface area contributed by atoms with Gasteiger partial charge in [0.15, 0.2) is 0 Å². The van der Waals surface area contributed by atoms with E-state index in [0.717, 1.165) is 28.5 Å². The molecule has 1 amide bonds. The number of hydrogen-bond acceptors (Lipinski definition) is 3. The maximum atomic E-state index is 12.6. The molecule has 148 valence electrons. The van der Waals surface area contributed by atoms with Crippen molar-refractivity contribution in [1.29, 1.82) is 0 Å². The molecule has 4 nitrogen and oxygen atoms in total. The molecule has 0 unspecified atom stereocenters. The van der Waals surface area contributed by atoms with Crippen LogP contribution in [0.5, 0.6) is 0 Å². The van der Waals surface area contributed by atoms with Crippen molar-refractivity contribution in [2.24, 2.45) is 5.92 Å². The van der Waals surface area contributed by atoms with Gasteiger partial charge < -0.3 is 10.1 Å². The zero-order valence-electron chi connectivity index (χ0n) is 17.1.